The molecule has 3 aliphatic rings. The molecule has 3 atom stereocenters. The van der Waals surface area contributed by atoms with Crippen molar-refractivity contribution in [2.45, 2.75) is 69.6 Å². The zero-order valence-corrected chi connectivity index (χ0v) is 15.6. The van der Waals surface area contributed by atoms with E-state index < -0.39 is 0 Å². The van der Waals surface area contributed by atoms with Crippen LogP contribution in [0.15, 0.2) is 4.42 Å². The quantitative estimate of drug-likeness (QED) is 0.784. The summed E-state index contributed by atoms with van der Waals surface area (Å²) in [5.74, 6) is 1.71. The second-order valence-corrected chi connectivity index (χ2v) is 7.99. The Kier molecular flexibility index (Phi) is 5.24. The maximum absolute atomic E-state index is 12.4. The molecule has 4 heterocycles. The molecular formula is C18H29N5O3. The van der Waals surface area contributed by atoms with E-state index in [1.807, 2.05) is 13.8 Å². The van der Waals surface area contributed by atoms with Gasteiger partial charge in [-0.25, -0.2) is 0 Å². The van der Waals surface area contributed by atoms with Crippen LogP contribution in [0.5, 0.6) is 0 Å². The molecule has 8 nitrogen and oxygen atoms in total. The van der Waals surface area contributed by atoms with Crippen LogP contribution in [0.4, 0.5) is 0 Å². The van der Waals surface area contributed by atoms with Gasteiger partial charge in [-0.05, 0) is 19.3 Å². The highest BCUT2D eigenvalue weighted by molar-refractivity contribution is 5.83. The van der Waals surface area contributed by atoms with E-state index in [0.29, 0.717) is 36.8 Å². The van der Waals surface area contributed by atoms with Crippen LogP contribution in [-0.4, -0.2) is 71.5 Å². The molecule has 1 aromatic heterocycles. The summed E-state index contributed by atoms with van der Waals surface area (Å²) < 4.78 is 11.2. The first-order valence-electron chi connectivity index (χ1n) is 9.79. The molecule has 0 unspecified atom stereocenters. The highest BCUT2D eigenvalue weighted by Crippen LogP contribution is 2.26. The molecule has 3 aliphatic heterocycles. The lowest BCUT2D eigenvalue weighted by Crippen LogP contribution is -2.58. The van der Waals surface area contributed by atoms with Crippen LogP contribution in [0.3, 0.4) is 0 Å². The average Bonchev–Trinajstić information content (AvgIpc) is 3.26. The van der Waals surface area contributed by atoms with Crippen molar-refractivity contribution in [3.8, 4) is 0 Å². The monoisotopic (exact) mass is 363 g/mol. The Morgan fingerprint density at radius 1 is 1.27 bits per heavy atom. The predicted molar refractivity (Wildman–Crippen MR) is 94.8 cm³/mol. The summed E-state index contributed by atoms with van der Waals surface area (Å²) in [4.78, 5) is 14.7. The van der Waals surface area contributed by atoms with E-state index in [0.717, 1.165) is 39.0 Å². The molecule has 26 heavy (non-hydrogen) atoms. The summed E-state index contributed by atoms with van der Waals surface area (Å²) in [5.41, 5.74) is 0. The van der Waals surface area contributed by atoms with Crippen molar-refractivity contribution in [2.75, 3.05) is 26.3 Å². The minimum Gasteiger partial charge on any atom is -0.425 e. The number of aromatic nitrogens is 2. The van der Waals surface area contributed by atoms with Crippen molar-refractivity contribution >= 4 is 5.91 Å². The Bertz CT molecular complexity index is 628. The van der Waals surface area contributed by atoms with Gasteiger partial charge < -0.3 is 19.8 Å². The summed E-state index contributed by atoms with van der Waals surface area (Å²) in [5, 5.41) is 15.1. The largest absolute Gasteiger partial charge is 0.425 e. The minimum atomic E-state index is -0.0569. The molecule has 0 saturated carbocycles. The van der Waals surface area contributed by atoms with Crippen molar-refractivity contribution in [3.63, 3.8) is 0 Å². The Balaban J connectivity index is 1.39. The fraction of sp³-hybridized carbons (Fsp3) is 0.833. The second kappa shape index (κ2) is 7.62. The van der Waals surface area contributed by atoms with Gasteiger partial charge in [-0.3, -0.25) is 9.69 Å². The van der Waals surface area contributed by atoms with Crippen LogP contribution in [0.2, 0.25) is 0 Å². The lowest BCUT2D eigenvalue weighted by molar-refractivity contribution is -0.129. The van der Waals surface area contributed by atoms with E-state index in [1.54, 1.807) is 0 Å². The first-order chi connectivity index (χ1) is 12.6. The van der Waals surface area contributed by atoms with Gasteiger partial charge in [0.05, 0.1) is 6.04 Å². The van der Waals surface area contributed by atoms with E-state index in [-0.39, 0.29) is 23.9 Å². The average molecular weight is 363 g/mol. The molecule has 144 valence electrons. The number of nitrogens with zero attached hydrogens (tertiary/aromatic N) is 3. The van der Waals surface area contributed by atoms with Crippen molar-refractivity contribution in [3.05, 3.63) is 11.8 Å². The first kappa shape index (κ1) is 17.9. The molecular weight excluding hydrogens is 334 g/mol. The molecule has 0 aliphatic carbocycles. The molecule has 1 aromatic rings. The lowest BCUT2D eigenvalue weighted by Gasteiger charge is -2.36. The number of amides is 1. The third-order valence-electron chi connectivity index (χ3n) is 5.70. The molecule has 4 rings (SSSR count). The van der Waals surface area contributed by atoms with Crippen molar-refractivity contribution in [2.24, 2.45) is 0 Å². The maximum Gasteiger partial charge on any atom is 0.237 e. The predicted octanol–water partition coefficient (Wildman–Crippen LogP) is 0.445. The van der Waals surface area contributed by atoms with Gasteiger partial charge in [0, 0.05) is 56.8 Å². The molecule has 3 fully saturated rings. The normalized spacial score (nSPS) is 30.6. The number of ether oxygens (including phenoxy) is 1. The SMILES string of the molecule is CC(C)c1nnc(C[C@@H]2CNC(=O)[C@@H]3C[C@H](NC4CCOCC4)CN23)o1. The molecule has 0 spiro atoms. The summed E-state index contributed by atoms with van der Waals surface area (Å²) in [6.07, 6.45) is 3.65. The number of carbonyl (C=O) groups is 1. The Morgan fingerprint density at radius 3 is 2.81 bits per heavy atom. The zero-order valence-electron chi connectivity index (χ0n) is 15.6. The van der Waals surface area contributed by atoms with Gasteiger partial charge in [0.15, 0.2) is 0 Å². The maximum atomic E-state index is 12.4. The van der Waals surface area contributed by atoms with Crippen LogP contribution in [0.1, 0.15) is 50.8 Å². The van der Waals surface area contributed by atoms with Gasteiger partial charge >= 0.3 is 0 Å². The summed E-state index contributed by atoms with van der Waals surface area (Å²) in [6.45, 7) is 7.28. The number of fused-ring (bicyclic) bond motifs is 1. The molecule has 0 bridgehead atoms. The number of carbonyl (C=O) groups excluding carboxylic acids is 1. The number of rotatable bonds is 5. The van der Waals surface area contributed by atoms with Crippen molar-refractivity contribution in [1.82, 2.24) is 25.7 Å². The first-order valence-corrected chi connectivity index (χ1v) is 9.79. The van der Waals surface area contributed by atoms with E-state index in [1.165, 1.54) is 0 Å². The van der Waals surface area contributed by atoms with Crippen molar-refractivity contribution < 1.29 is 13.9 Å². The topological polar surface area (TPSA) is 92.5 Å². The second-order valence-electron chi connectivity index (χ2n) is 7.99. The molecule has 2 N–H and O–H groups in total. The smallest absolute Gasteiger partial charge is 0.237 e. The summed E-state index contributed by atoms with van der Waals surface area (Å²) in [6, 6.07) is 1.00. The zero-order chi connectivity index (χ0) is 18.1. The number of hydrogen-bond donors (Lipinski definition) is 2. The van der Waals surface area contributed by atoms with Crippen LogP contribution in [-0.2, 0) is 16.0 Å². The number of piperazine rings is 1. The lowest BCUT2D eigenvalue weighted by atomic mass is 10.0. The molecule has 0 aromatic carbocycles. The standard InChI is InChI=1S/C18H29N5O3/c1-11(2)18-22-21-16(26-18)8-14-9-19-17(24)15-7-13(10-23(14)15)20-12-3-5-25-6-4-12/h11-15,20H,3-10H2,1-2H3,(H,19,24)/t13-,14+,15-/m0/s1. The molecule has 3 saturated heterocycles. The van der Waals surface area contributed by atoms with Gasteiger partial charge in [0.1, 0.15) is 0 Å². The minimum absolute atomic E-state index is 0.0569. The van der Waals surface area contributed by atoms with Gasteiger partial charge in [0.2, 0.25) is 17.7 Å². The molecule has 1 amide bonds. The van der Waals surface area contributed by atoms with Crippen LogP contribution in [0, 0.1) is 0 Å². The summed E-state index contributed by atoms with van der Waals surface area (Å²) in [7, 11) is 0. The van der Waals surface area contributed by atoms with E-state index in [2.05, 4.69) is 25.7 Å². The Hall–Kier alpha value is -1.51. The van der Waals surface area contributed by atoms with Crippen LogP contribution in [0.25, 0.3) is 0 Å². The highest BCUT2D eigenvalue weighted by atomic mass is 16.5. The van der Waals surface area contributed by atoms with E-state index >= 15 is 0 Å². The van der Waals surface area contributed by atoms with E-state index in [4.69, 9.17) is 9.15 Å². The fourth-order valence-corrected chi connectivity index (χ4v) is 4.27. The molecule has 8 heteroatoms. The Morgan fingerprint density at radius 2 is 2.08 bits per heavy atom. The van der Waals surface area contributed by atoms with Crippen LogP contribution < -0.4 is 10.6 Å². The van der Waals surface area contributed by atoms with Crippen molar-refractivity contribution in [1.29, 1.82) is 0 Å². The van der Waals surface area contributed by atoms with Gasteiger partial charge in [-0.2, -0.15) is 0 Å². The number of nitrogens with one attached hydrogen (secondary N) is 2. The number of hydrogen-bond acceptors (Lipinski definition) is 7. The third kappa shape index (κ3) is 3.77. The van der Waals surface area contributed by atoms with Gasteiger partial charge in [-0.15, -0.1) is 10.2 Å². The fourth-order valence-electron chi connectivity index (χ4n) is 4.27. The third-order valence-corrected chi connectivity index (χ3v) is 5.70. The van der Waals surface area contributed by atoms with Gasteiger partial charge in [-0.1, -0.05) is 13.8 Å². The summed E-state index contributed by atoms with van der Waals surface area (Å²) >= 11 is 0. The molecule has 0 radical (unpaired) electrons. The Labute approximate surface area is 154 Å². The van der Waals surface area contributed by atoms with E-state index in [9.17, 15) is 4.79 Å². The highest BCUT2D eigenvalue weighted by Gasteiger charge is 2.44. The van der Waals surface area contributed by atoms with Crippen LogP contribution >= 0.6 is 0 Å². The van der Waals surface area contributed by atoms with Gasteiger partial charge in [0.25, 0.3) is 0 Å².